The molecule has 0 aliphatic carbocycles. The maximum atomic E-state index is 5.62. The van der Waals surface area contributed by atoms with Crippen molar-refractivity contribution in [3.05, 3.63) is 23.2 Å². The molecule has 1 aromatic heterocycles. The minimum absolute atomic E-state index is 0.486. The Hall–Kier alpha value is -0.800. The van der Waals surface area contributed by atoms with Gasteiger partial charge in [0.1, 0.15) is 11.5 Å². The highest BCUT2D eigenvalue weighted by Crippen LogP contribution is 2.18. The number of rotatable bonds is 8. The van der Waals surface area contributed by atoms with Crippen molar-refractivity contribution in [3.8, 4) is 0 Å². The fraction of sp³-hybridized carbons (Fsp3) is 0.733. The van der Waals surface area contributed by atoms with Gasteiger partial charge >= 0.3 is 0 Å². The van der Waals surface area contributed by atoms with Crippen molar-refractivity contribution >= 4 is 0 Å². The van der Waals surface area contributed by atoms with E-state index in [1.807, 2.05) is 6.92 Å². The lowest BCUT2D eigenvalue weighted by atomic mass is 10.0. The van der Waals surface area contributed by atoms with Gasteiger partial charge < -0.3 is 10.2 Å². The van der Waals surface area contributed by atoms with Crippen LogP contribution in [0.25, 0.3) is 0 Å². The van der Waals surface area contributed by atoms with E-state index in [9.17, 15) is 0 Å². The molecule has 0 saturated heterocycles. The third-order valence-electron chi connectivity index (χ3n) is 3.79. The highest BCUT2D eigenvalue weighted by atomic mass is 16.3. The quantitative estimate of drug-likeness (QED) is 0.772. The van der Waals surface area contributed by atoms with Crippen LogP contribution >= 0.6 is 0 Å². The first-order valence-corrected chi connectivity index (χ1v) is 7.15. The molecule has 3 nitrogen and oxygen atoms in total. The molecule has 0 spiro atoms. The third-order valence-corrected chi connectivity index (χ3v) is 3.79. The Bertz CT molecular complexity index is 342. The van der Waals surface area contributed by atoms with Crippen LogP contribution in [-0.2, 0) is 13.1 Å². The van der Waals surface area contributed by atoms with Crippen LogP contribution in [0.5, 0.6) is 0 Å². The molecule has 0 aromatic carbocycles. The molecule has 1 rings (SSSR count). The van der Waals surface area contributed by atoms with E-state index in [1.54, 1.807) is 0 Å². The van der Waals surface area contributed by atoms with Crippen LogP contribution in [0.1, 0.15) is 50.7 Å². The minimum Gasteiger partial charge on any atom is -0.465 e. The van der Waals surface area contributed by atoms with Crippen LogP contribution in [0, 0.1) is 12.8 Å². The molecular formula is C15H28N2O. The molecule has 3 heteroatoms. The van der Waals surface area contributed by atoms with E-state index in [2.05, 4.69) is 31.7 Å². The van der Waals surface area contributed by atoms with Gasteiger partial charge in [0.25, 0.3) is 0 Å². The fourth-order valence-corrected chi connectivity index (χ4v) is 2.30. The zero-order valence-corrected chi connectivity index (χ0v) is 12.3. The first kappa shape index (κ1) is 15.3. The Morgan fingerprint density at radius 2 is 1.94 bits per heavy atom. The summed E-state index contributed by atoms with van der Waals surface area (Å²) in [5.74, 6) is 2.70. The fourth-order valence-electron chi connectivity index (χ4n) is 2.30. The lowest BCUT2D eigenvalue weighted by Gasteiger charge is -2.24. The smallest absolute Gasteiger partial charge is 0.118 e. The summed E-state index contributed by atoms with van der Waals surface area (Å²) in [6.07, 6.45) is 2.51. The Morgan fingerprint density at radius 1 is 1.28 bits per heavy atom. The zero-order chi connectivity index (χ0) is 13.5. The van der Waals surface area contributed by atoms with Gasteiger partial charge in [-0.05, 0) is 25.5 Å². The molecule has 0 unspecified atom stereocenters. The Kier molecular flexibility index (Phi) is 6.44. The Labute approximate surface area is 111 Å². The average molecular weight is 252 g/mol. The van der Waals surface area contributed by atoms with E-state index in [0.29, 0.717) is 6.54 Å². The van der Waals surface area contributed by atoms with Crippen LogP contribution < -0.4 is 5.73 Å². The Balaban J connectivity index is 2.64. The summed E-state index contributed by atoms with van der Waals surface area (Å²) >= 11 is 0. The normalized spacial score (nSPS) is 11.7. The first-order chi connectivity index (χ1) is 8.64. The van der Waals surface area contributed by atoms with E-state index >= 15 is 0 Å². The zero-order valence-electron chi connectivity index (χ0n) is 12.3. The molecule has 0 amide bonds. The number of nitrogens with two attached hydrogens (primary N) is 1. The molecule has 1 aromatic rings. The molecule has 2 N–H and O–H groups in total. The van der Waals surface area contributed by atoms with Crippen LogP contribution in [0.2, 0.25) is 0 Å². The molecule has 0 bridgehead atoms. The molecule has 1 heterocycles. The largest absolute Gasteiger partial charge is 0.465 e. The SMILES string of the molecule is CCC(CC)CN(CC)Cc1cc(CN)oc1C. The summed E-state index contributed by atoms with van der Waals surface area (Å²) in [6.45, 7) is 12.5. The minimum atomic E-state index is 0.486. The lowest BCUT2D eigenvalue weighted by molar-refractivity contribution is 0.225. The molecule has 0 aliphatic rings. The topological polar surface area (TPSA) is 42.4 Å². The van der Waals surface area contributed by atoms with Gasteiger partial charge in [0, 0.05) is 18.7 Å². The van der Waals surface area contributed by atoms with E-state index in [0.717, 1.165) is 30.5 Å². The van der Waals surface area contributed by atoms with Crippen molar-refractivity contribution in [2.24, 2.45) is 11.7 Å². The number of hydrogen-bond acceptors (Lipinski definition) is 3. The molecule has 0 saturated carbocycles. The van der Waals surface area contributed by atoms with E-state index in [4.69, 9.17) is 10.2 Å². The average Bonchev–Trinajstić information content (AvgIpc) is 2.75. The summed E-state index contributed by atoms with van der Waals surface area (Å²) in [5.41, 5.74) is 6.89. The van der Waals surface area contributed by atoms with Crippen LogP contribution in [0.15, 0.2) is 10.5 Å². The van der Waals surface area contributed by atoms with E-state index < -0.39 is 0 Å². The van der Waals surface area contributed by atoms with Gasteiger partial charge in [-0.15, -0.1) is 0 Å². The third kappa shape index (κ3) is 4.14. The summed E-state index contributed by atoms with van der Waals surface area (Å²) in [5, 5.41) is 0. The Morgan fingerprint density at radius 3 is 2.39 bits per heavy atom. The molecule has 0 radical (unpaired) electrons. The highest BCUT2D eigenvalue weighted by molar-refractivity contribution is 5.20. The number of aryl methyl sites for hydroxylation is 1. The first-order valence-electron chi connectivity index (χ1n) is 7.15. The van der Waals surface area contributed by atoms with Crippen molar-refractivity contribution in [1.29, 1.82) is 0 Å². The second kappa shape index (κ2) is 7.59. The lowest BCUT2D eigenvalue weighted by Crippen LogP contribution is -2.28. The number of hydrogen-bond donors (Lipinski definition) is 1. The maximum absolute atomic E-state index is 5.62. The summed E-state index contributed by atoms with van der Waals surface area (Å²) in [7, 11) is 0. The van der Waals surface area contributed by atoms with Gasteiger partial charge in [-0.2, -0.15) is 0 Å². The molecule has 0 atom stereocenters. The van der Waals surface area contributed by atoms with Gasteiger partial charge in [-0.3, -0.25) is 4.90 Å². The van der Waals surface area contributed by atoms with Gasteiger partial charge in [0.05, 0.1) is 6.54 Å². The maximum Gasteiger partial charge on any atom is 0.118 e. The van der Waals surface area contributed by atoms with Crippen molar-refractivity contribution in [2.75, 3.05) is 13.1 Å². The summed E-state index contributed by atoms with van der Waals surface area (Å²) in [4.78, 5) is 2.50. The molecule has 18 heavy (non-hydrogen) atoms. The van der Waals surface area contributed by atoms with Gasteiger partial charge in [0.2, 0.25) is 0 Å². The van der Waals surface area contributed by atoms with Crippen LogP contribution in [0.3, 0.4) is 0 Å². The molecular weight excluding hydrogens is 224 g/mol. The van der Waals surface area contributed by atoms with Crippen molar-refractivity contribution < 1.29 is 4.42 Å². The van der Waals surface area contributed by atoms with E-state index in [-0.39, 0.29) is 0 Å². The van der Waals surface area contributed by atoms with Crippen LogP contribution in [-0.4, -0.2) is 18.0 Å². The monoisotopic (exact) mass is 252 g/mol. The van der Waals surface area contributed by atoms with Gasteiger partial charge in [-0.1, -0.05) is 33.6 Å². The number of nitrogens with zero attached hydrogens (tertiary/aromatic N) is 1. The number of furan rings is 1. The van der Waals surface area contributed by atoms with Gasteiger partial charge in [-0.25, -0.2) is 0 Å². The second-order valence-corrected chi connectivity index (χ2v) is 5.01. The standard InChI is InChI=1S/C15H28N2O/c1-5-13(6-2)10-17(7-3)11-14-8-15(9-16)18-12(14)4/h8,13H,5-7,9-11,16H2,1-4H3. The predicted octanol–water partition coefficient (Wildman–Crippen LogP) is 3.30. The summed E-state index contributed by atoms with van der Waals surface area (Å²) in [6, 6.07) is 2.10. The van der Waals surface area contributed by atoms with Crippen molar-refractivity contribution in [1.82, 2.24) is 4.90 Å². The highest BCUT2D eigenvalue weighted by Gasteiger charge is 2.13. The van der Waals surface area contributed by atoms with Gasteiger partial charge in [0.15, 0.2) is 0 Å². The summed E-state index contributed by atoms with van der Waals surface area (Å²) < 4.78 is 5.62. The van der Waals surface area contributed by atoms with Crippen molar-refractivity contribution in [3.63, 3.8) is 0 Å². The second-order valence-electron chi connectivity index (χ2n) is 5.01. The van der Waals surface area contributed by atoms with Crippen LogP contribution in [0.4, 0.5) is 0 Å². The van der Waals surface area contributed by atoms with Crippen molar-refractivity contribution in [2.45, 2.75) is 53.6 Å². The molecule has 0 aliphatic heterocycles. The van der Waals surface area contributed by atoms with E-state index in [1.165, 1.54) is 24.9 Å². The molecule has 104 valence electrons. The molecule has 0 fully saturated rings. The predicted molar refractivity (Wildman–Crippen MR) is 76.4 cm³/mol.